The van der Waals surface area contributed by atoms with Crippen molar-refractivity contribution in [2.45, 2.75) is 40.0 Å². The van der Waals surface area contributed by atoms with Gasteiger partial charge in [0.2, 0.25) is 0 Å². The Balaban J connectivity index is 2.11. The van der Waals surface area contributed by atoms with Gasteiger partial charge in [-0.15, -0.1) is 11.3 Å². The van der Waals surface area contributed by atoms with Gasteiger partial charge >= 0.3 is 11.9 Å². The lowest BCUT2D eigenvalue weighted by atomic mass is 9.70. The number of esters is 2. The molecule has 0 saturated carbocycles. The smallest absolute Gasteiger partial charge is 0.336 e. The number of allylic oxidation sites excluding steroid dienone is 3. The van der Waals surface area contributed by atoms with Crippen molar-refractivity contribution in [1.82, 2.24) is 5.32 Å². The van der Waals surface area contributed by atoms with Gasteiger partial charge in [0.1, 0.15) is 5.92 Å². The maximum atomic E-state index is 13.5. The third-order valence-electron chi connectivity index (χ3n) is 5.15. The van der Waals surface area contributed by atoms with Gasteiger partial charge in [-0.05, 0) is 44.6 Å². The van der Waals surface area contributed by atoms with Crippen LogP contribution in [0.4, 0.5) is 0 Å². The normalized spacial score (nSPS) is 24.6. The Morgan fingerprint density at radius 1 is 1.25 bits per heavy atom. The molecule has 0 amide bonds. The molecule has 150 valence electrons. The first-order valence-corrected chi connectivity index (χ1v) is 10.4. The molecule has 3 atom stereocenters. The number of Topliss-reactive ketones (excluding diaryl/α,β-unsaturated/α-hetero) is 1. The van der Waals surface area contributed by atoms with Crippen molar-refractivity contribution < 1.29 is 23.9 Å². The third kappa shape index (κ3) is 3.51. The molecule has 2 heterocycles. The number of dihydropyridines is 1. The zero-order valence-electron chi connectivity index (χ0n) is 16.5. The van der Waals surface area contributed by atoms with Crippen molar-refractivity contribution >= 4 is 29.1 Å². The largest absolute Gasteiger partial charge is 0.465 e. The molecule has 1 aliphatic heterocycles. The van der Waals surface area contributed by atoms with Crippen LogP contribution in [-0.2, 0) is 23.9 Å². The molecular weight excluding hydrogens is 378 g/mol. The molecule has 1 aliphatic carbocycles. The van der Waals surface area contributed by atoms with Crippen LogP contribution in [0.1, 0.15) is 44.9 Å². The Morgan fingerprint density at radius 2 is 1.96 bits per heavy atom. The van der Waals surface area contributed by atoms with Crippen molar-refractivity contribution in [3.8, 4) is 0 Å². The van der Waals surface area contributed by atoms with Gasteiger partial charge in [0.25, 0.3) is 0 Å². The van der Waals surface area contributed by atoms with E-state index in [0.29, 0.717) is 23.3 Å². The van der Waals surface area contributed by atoms with Crippen molar-refractivity contribution in [3.63, 3.8) is 0 Å². The fourth-order valence-electron chi connectivity index (χ4n) is 4.01. The lowest BCUT2D eigenvalue weighted by Gasteiger charge is -2.37. The van der Waals surface area contributed by atoms with Crippen molar-refractivity contribution in [2.24, 2.45) is 11.8 Å². The molecule has 3 rings (SSSR count). The van der Waals surface area contributed by atoms with Gasteiger partial charge in [-0.3, -0.25) is 9.59 Å². The molecule has 0 spiro atoms. The van der Waals surface area contributed by atoms with Crippen LogP contribution in [0.3, 0.4) is 0 Å². The Labute approximate surface area is 168 Å². The molecular formula is C21H25NO5S. The molecule has 1 aromatic rings. The third-order valence-corrected chi connectivity index (χ3v) is 6.09. The van der Waals surface area contributed by atoms with Crippen LogP contribution in [0.2, 0.25) is 0 Å². The molecule has 0 unspecified atom stereocenters. The van der Waals surface area contributed by atoms with Crippen LogP contribution in [-0.4, -0.2) is 30.9 Å². The minimum atomic E-state index is -0.857. The molecule has 0 saturated heterocycles. The summed E-state index contributed by atoms with van der Waals surface area (Å²) in [6, 6.07) is 3.79. The highest BCUT2D eigenvalue weighted by Crippen LogP contribution is 2.46. The van der Waals surface area contributed by atoms with Crippen LogP contribution in [0, 0.1) is 11.8 Å². The second-order valence-electron chi connectivity index (χ2n) is 7.00. The van der Waals surface area contributed by atoms with Crippen molar-refractivity contribution in [2.75, 3.05) is 13.2 Å². The summed E-state index contributed by atoms with van der Waals surface area (Å²) in [6.07, 6.45) is 0.542. The molecule has 0 fully saturated rings. The predicted octanol–water partition coefficient (Wildman–Crippen LogP) is 3.31. The molecule has 7 heteroatoms. The first-order chi connectivity index (χ1) is 13.4. The minimum Gasteiger partial charge on any atom is -0.465 e. The Bertz CT molecular complexity index is 852. The molecule has 1 aromatic heterocycles. The second-order valence-corrected chi connectivity index (χ2v) is 7.98. The van der Waals surface area contributed by atoms with E-state index >= 15 is 0 Å². The number of ether oxygens (including phenoxy) is 2. The molecule has 0 aromatic carbocycles. The average molecular weight is 404 g/mol. The summed E-state index contributed by atoms with van der Waals surface area (Å²) in [4.78, 5) is 39.6. The molecule has 1 N–H and O–H groups in total. The van der Waals surface area contributed by atoms with E-state index in [0.717, 1.165) is 10.6 Å². The summed E-state index contributed by atoms with van der Waals surface area (Å²) in [6.45, 7) is 7.64. The number of thiophene rings is 1. The monoisotopic (exact) mass is 403 g/mol. The van der Waals surface area contributed by atoms with E-state index in [1.807, 2.05) is 31.4 Å². The average Bonchev–Trinajstić information content (AvgIpc) is 3.15. The summed E-state index contributed by atoms with van der Waals surface area (Å²) in [7, 11) is 0. The van der Waals surface area contributed by atoms with E-state index in [9.17, 15) is 14.4 Å². The number of hydrogen-bond donors (Lipinski definition) is 1. The summed E-state index contributed by atoms with van der Waals surface area (Å²) in [5.74, 6) is -2.79. The van der Waals surface area contributed by atoms with Gasteiger partial charge in [-0.2, -0.15) is 0 Å². The number of nitrogens with one attached hydrogen (secondary N) is 1. The fourth-order valence-corrected chi connectivity index (χ4v) is 4.85. The first-order valence-electron chi connectivity index (χ1n) is 9.52. The lowest BCUT2D eigenvalue weighted by molar-refractivity contribution is -0.153. The van der Waals surface area contributed by atoms with Crippen LogP contribution in [0.25, 0.3) is 0 Å². The summed E-state index contributed by atoms with van der Waals surface area (Å²) >= 11 is 1.48. The zero-order chi connectivity index (χ0) is 20.4. The zero-order valence-corrected chi connectivity index (χ0v) is 17.4. The highest BCUT2D eigenvalue weighted by atomic mass is 32.1. The Kier molecular flexibility index (Phi) is 6.03. The standard InChI is InChI=1S/C21H25NO5S/c1-5-26-20(24)15-11(3)10-13-17(19(15)23)18(14-8-7-9-28-14)16(12(4)22-13)21(25)27-6-2/h7-9,11,15,18,22H,5-6,10H2,1-4H3/t11-,15+,18-/m0/s1. The van der Waals surface area contributed by atoms with E-state index in [1.165, 1.54) is 11.3 Å². The van der Waals surface area contributed by atoms with Gasteiger partial charge < -0.3 is 14.8 Å². The fraction of sp³-hybridized carbons (Fsp3) is 0.476. The SMILES string of the molecule is CCOC(=O)C1=C(C)NC2=C(C(=O)[C@H](C(=O)OCC)[C@@H](C)C2)[C@H]1c1cccs1. The molecule has 0 radical (unpaired) electrons. The number of ketones is 1. The van der Waals surface area contributed by atoms with Crippen LogP contribution >= 0.6 is 11.3 Å². The van der Waals surface area contributed by atoms with Gasteiger partial charge in [0.15, 0.2) is 5.78 Å². The quantitative estimate of drug-likeness (QED) is 0.600. The van der Waals surface area contributed by atoms with Crippen LogP contribution < -0.4 is 5.32 Å². The van der Waals surface area contributed by atoms with Gasteiger partial charge in [0.05, 0.1) is 24.7 Å². The Morgan fingerprint density at radius 3 is 2.57 bits per heavy atom. The van der Waals surface area contributed by atoms with Crippen molar-refractivity contribution in [3.05, 3.63) is 44.9 Å². The highest BCUT2D eigenvalue weighted by molar-refractivity contribution is 7.10. The predicted molar refractivity (Wildman–Crippen MR) is 105 cm³/mol. The van der Waals surface area contributed by atoms with Crippen LogP contribution in [0.15, 0.2) is 40.1 Å². The Hall–Kier alpha value is -2.41. The van der Waals surface area contributed by atoms with E-state index in [1.54, 1.807) is 13.8 Å². The van der Waals surface area contributed by atoms with Crippen LogP contribution in [0.5, 0.6) is 0 Å². The summed E-state index contributed by atoms with van der Waals surface area (Å²) in [5.41, 5.74) is 2.37. The molecule has 0 bridgehead atoms. The molecule has 2 aliphatic rings. The number of rotatable bonds is 5. The summed E-state index contributed by atoms with van der Waals surface area (Å²) < 4.78 is 10.4. The number of hydrogen-bond acceptors (Lipinski definition) is 7. The second kappa shape index (κ2) is 8.31. The maximum absolute atomic E-state index is 13.5. The molecule has 28 heavy (non-hydrogen) atoms. The van der Waals surface area contributed by atoms with E-state index in [-0.39, 0.29) is 24.9 Å². The number of carbonyl (C=O) groups excluding carboxylic acids is 3. The minimum absolute atomic E-state index is 0.182. The van der Waals surface area contributed by atoms with E-state index in [4.69, 9.17) is 9.47 Å². The highest BCUT2D eigenvalue weighted by Gasteiger charge is 2.47. The number of carbonyl (C=O) groups is 3. The van der Waals surface area contributed by atoms with E-state index < -0.39 is 23.8 Å². The maximum Gasteiger partial charge on any atom is 0.336 e. The van der Waals surface area contributed by atoms with Crippen molar-refractivity contribution in [1.29, 1.82) is 0 Å². The first kappa shape index (κ1) is 20.3. The van der Waals surface area contributed by atoms with E-state index in [2.05, 4.69) is 5.32 Å². The van der Waals surface area contributed by atoms with Gasteiger partial charge in [-0.1, -0.05) is 13.0 Å². The van der Waals surface area contributed by atoms with Gasteiger partial charge in [-0.25, -0.2) is 4.79 Å². The topological polar surface area (TPSA) is 81.7 Å². The van der Waals surface area contributed by atoms with Gasteiger partial charge in [0, 0.05) is 21.8 Å². The summed E-state index contributed by atoms with van der Waals surface area (Å²) in [5, 5.41) is 5.15. The molecule has 6 nitrogen and oxygen atoms in total. The lowest BCUT2D eigenvalue weighted by Crippen LogP contribution is -2.43.